The summed E-state index contributed by atoms with van der Waals surface area (Å²) in [5, 5.41) is 6.71. The first-order chi connectivity index (χ1) is 15.1. The van der Waals surface area contributed by atoms with Gasteiger partial charge in [-0.1, -0.05) is 35.5 Å². The molecule has 1 aromatic heterocycles. The fraction of sp³-hybridized carbons (Fsp3) is 0.292. The molecule has 0 spiro atoms. The van der Waals surface area contributed by atoms with Gasteiger partial charge in [0.25, 0.3) is 11.8 Å². The molecule has 3 aromatic rings. The van der Waals surface area contributed by atoms with Crippen molar-refractivity contribution in [1.82, 2.24) is 15.4 Å². The van der Waals surface area contributed by atoms with Crippen LogP contribution in [0.15, 0.2) is 65.2 Å². The molecule has 0 bridgehead atoms. The SMILES string of the molecule is O=C(NCC1CC1)c1cc(CN(CCc2ccccc2)C(=O)c2ccc(F)cc2)on1. The molecular formula is C24H24FN3O3. The van der Waals surface area contributed by atoms with E-state index in [1.54, 1.807) is 11.0 Å². The topological polar surface area (TPSA) is 75.4 Å². The van der Waals surface area contributed by atoms with Crippen molar-refractivity contribution in [2.75, 3.05) is 13.1 Å². The van der Waals surface area contributed by atoms with Gasteiger partial charge >= 0.3 is 0 Å². The lowest BCUT2D eigenvalue weighted by atomic mass is 10.1. The molecule has 1 aliphatic rings. The van der Waals surface area contributed by atoms with Crippen LogP contribution in [-0.2, 0) is 13.0 Å². The summed E-state index contributed by atoms with van der Waals surface area (Å²) >= 11 is 0. The van der Waals surface area contributed by atoms with Crippen LogP contribution in [-0.4, -0.2) is 35.0 Å². The molecule has 0 atom stereocenters. The largest absolute Gasteiger partial charge is 0.359 e. The molecule has 0 unspecified atom stereocenters. The highest BCUT2D eigenvalue weighted by Gasteiger charge is 2.23. The van der Waals surface area contributed by atoms with Gasteiger partial charge in [0.05, 0.1) is 6.54 Å². The summed E-state index contributed by atoms with van der Waals surface area (Å²) in [6, 6.07) is 16.8. The maximum Gasteiger partial charge on any atom is 0.273 e. The van der Waals surface area contributed by atoms with E-state index in [1.165, 1.54) is 24.3 Å². The molecule has 6 nitrogen and oxygen atoms in total. The summed E-state index contributed by atoms with van der Waals surface area (Å²) in [6.45, 7) is 1.24. The summed E-state index contributed by atoms with van der Waals surface area (Å²) < 4.78 is 18.6. The van der Waals surface area contributed by atoms with Crippen molar-refractivity contribution in [3.05, 3.63) is 89.1 Å². The average molecular weight is 421 g/mol. The van der Waals surface area contributed by atoms with Gasteiger partial charge in [0.15, 0.2) is 11.5 Å². The Labute approximate surface area is 180 Å². The Bertz CT molecular complexity index is 1030. The maximum atomic E-state index is 13.3. The van der Waals surface area contributed by atoms with Crippen LogP contribution in [0.2, 0.25) is 0 Å². The number of amides is 2. The van der Waals surface area contributed by atoms with Crippen molar-refractivity contribution >= 4 is 11.8 Å². The Kier molecular flexibility index (Phi) is 6.40. The molecule has 1 N–H and O–H groups in total. The Balaban J connectivity index is 1.46. The number of nitrogens with one attached hydrogen (secondary N) is 1. The van der Waals surface area contributed by atoms with E-state index in [9.17, 15) is 14.0 Å². The van der Waals surface area contributed by atoms with Gasteiger partial charge in [-0.3, -0.25) is 9.59 Å². The highest BCUT2D eigenvalue weighted by molar-refractivity contribution is 5.94. The van der Waals surface area contributed by atoms with E-state index in [0.717, 1.165) is 18.4 Å². The van der Waals surface area contributed by atoms with E-state index in [4.69, 9.17) is 4.52 Å². The zero-order valence-corrected chi connectivity index (χ0v) is 17.1. The zero-order valence-electron chi connectivity index (χ0n) is 17.1. The molecule has 160 valence electrons. The standard InChI is InChI=1S/C24H24FN3O3/c25-20-10-8-19(9-11-20)24(30)28(13-12-17-4-2-1-3-5-17)16-21-14-22(27-31-21)23(29)26-15-18-6-7-18/h1-5,8-11,14,18H,6-7,12-13,15-16H2,(H,26,29). The van der Waals surface area contributed by atoms with Crippen molar-refractivity contribution in [2.24, 2.45) is 5.92 Å². The van der Waals surface area contributed by atoms with Crippen LogP contribution in [0.4, 0.5) is 4.39 Å². The van der Waals surface area contributed by atoms with E-state index in [0.29, 0.717) is 36.8 Å². The van der Waals surface area contributed by atoms with Gasteiger partial charge in [0.2, 0.25) is 0 Å². The van der Waals surface area contributed by atoms with Crippen LogP contribution in [0.5, 0.6) is 0 Å². The number of aromatic nitrogens is 1. The first-order valence-electron chi connectivity index (χ1n) is 10.4. The third kappa shape index (κ3) is 5.78. The summed E-state index contributed by atoms with van der Waals surface area (Å²) in [4.78, 5) is 26.9. The monoisotopic (exact) mass is 421 g/mol. The Morgan fingerprint density at radius 1 is 1.10 bits per heavy atom. The second kappa shape index (κ2) is 9.55. The zero-order chi connectivity index (χ0) is 21.6. The first kappa shape index (κ1) is 20.8. The Hall–Kier alpha value is -3.48. The molecule has 1 fully saturated rings. The van der Waals surface area contributed by atoms with Gasteiger partial charge in [0.1, 0.15) is 5.82 Å². The molecule has 31 heavy (non-hydrogen) atoms. The predicted octanol–water partition coefficient (Wildman–Crippen LogP) is 3.84. The third-order valence-electron chi connectivity index (χ3n) is 5.28. The van der Waals surface area contributed by atoms with E-state index in [2.05, 4.69) is 10.5 Å². The van der Waals surface area contributed by atoms with Gasteiger partial charge in [0, 0.05) is 24.7 Å². The number of benzene rings is 2. The first-order valence-corrected chi connectivity index (χ1v) is 10.4. The fourth-order valence-electron chi connectivity index (χ4n) is 3.27. The molecule has 0 aliphatic heterocycles. The minimum absolute atomic E-state index is 0.159. The number of nitrogens with zero attached hydrogens (tertiary/aromatic N) is 2. The normalized spacial score (nSPS) is 13.1. The molecule has 2 aromatic carbocycles. The van der Waals surface area contributed by atoms with Crippen molar-refractivity contribution in [2.45, 2.75) is 25.8 Å². The van der Waals surface area contributed by atoms with Gasteiger partial charge in [-0.05, 0) is 55.0 Å². The van der Waals surface area contributed by atoms with Crippen LogP contribution in [0.25, 0.3) is 0 Å². The average Bonchev–Trinajstić information content (AvgIpc) is 3.51. The lowest BCUT2D eigenvalue weighted by Gasteiger charge is -2.21. The van der Waals surface area contributed by atoms with E-state index in [-0.39, 0.29) is 24.1 Å². The molecule has 1 aliphatic carbocycles. The molecule has 2 amide bonds. The molecule has 1 heterocycles. The van der Waals surface area contributed by atoms with E-state index >= 15 is 0 Å². The van der Waals surface area contributed by atoms with E-state index < -0.39 is 5.82 Å². The lowest BCUT2D eigenvalue weighted by molar-refractivity contribution is 0.0729. The van der Waals surface area contributed by atoms with Crippen LogP contribution >= 0.6 is 0 Å². The third-order valence-corrected chi connectivity index (χ3v) is 5.28. The number of carbonyl (C=O) groups excluding carboxylic acids is 2. The molecule has 4 rings (SSSR count). The van der Waals surface area contributed by atoms with Gasteiger partial charge in [-0.15, -0.1) is 0 Å². The molecule has 1 saturated carbocycles. The molecular weight excluding hydrogens is 397 g/mol. The number of hydrogen-bond donors (Lipinski definition) is 1. The number of halogens is 1. The molecule has 0 radical (unpaired) electrons. The highest BCUT2D eigenvalue weighted by atomic mass is 19.1. The van der Waals surface area contributed by atoms with Crippen LogP contribution in [0, 0.1) is 11.7 Å². The smallest absolute Gasteiger partial charge is 0.273 e. The lowest BCUT2D eigenvalue weighted by Crippen LogP contribution is -2.32. The fourth-order valence-corrected chi connectivity index (χ4v) is 3.27. The minimum atomic E-state index is -0.399. The quantitative estimate of drug-likeness (QED) is 0.570. The van der Waals surface area contributed by atoms with Crippen LogP contribution < -0.4 is 5.32 Å². The van der Waals surface area contributed by atoms with Crippen molar-refractivity contribution in [3.63, 3.8) is 0 Å². The summed E-state index contributed by atoms with van der Waals surface area (Å²) in [6.07, 6.45) is 2.94. The Morgan fingerprint density at radius 3 is 2.55 bits per heavy atom. The van der Waals surface area contributed by atoms with E-state index in [1.807, 2.05) is 30.3 Å². The van der Waals surface area contributed by atoms with Crippen LogP contribution in [0.1, 0.15) is 45.0 Å². The van der Waals surface area contributed by atoms with Crippen LogP contribution in [0.3, 0.4) is 0 Å². The number of carbonyl (C=O) groups is 2. The summed E-state index contributed by atoms with van der Waals surface area (Å²) in [7, 11) is 0. The highest BCUT2D eigenvalue weighted by Crippen LogP contribution is 2.27. The van der Waals surface area contributed by atoms with Crippen molar-refractivity contribution in [3.8, 4) is 0 Å². The minimum Gasteiger partial charge on any atom is -0.359 e. The molecule has 0 saturated heterocycles. The number of rotatable bonds is 9. The predicted molar refractivity (Wildman–Crippen MR) is 113 cm³/mol. The van der Waals surface area contributed by atoms with Gasteiger partial charge in [-0.25, -0.2) is 4.39 Å². The van der Waals surface area contributed by atoms with Gasteiger partial charge in [-0.2, -0.15) is 0 Å². The second-order valence-corrected chi connectivity index (χ2v) is 7.80. The van der Waals surface area contributed by atoms with Crippen molar-refractivity contribution in [1.29, 1.82) is 0 Å². The number of hydrogen-bond acceptors (Lipinski definition) is 4. The van der Waals surface area contributed by atoms with Gasteiger partial charge < -0.3 is 14.7 Å². The Morgan fingerprint density at radius 2 is 1.84 bits per heavy atom. The summed E-state index contributed by atoms with van der Waals surface area (Å²) in [5.74, 6) is 0.0661. The van der Waals surface area contributed by atoms with Crippen molar-refractivity contribution < 1.29 is 18.5 Å². The second-order valence-electron chi connectivity index (χ2n) is 7.80. The molecule has 7 heteroatoms. The summed E-state index contributed by atoms with van der Waals surface area (Å²) in [5.41, 5.74) is 1.68. The maximum absolute atomic E-state index is 13.3.